The van der Waals surface area contributed by atoms with Gasteiger partial charge in [0.15, 0.2) is 0 Å². The maximum absolute atomic E-state index is 12.6. The molecule has 0 aliphatic rings. The van der Waals surface area contributed by atoms with Crippen LogP contribution in [0.3, 0.4) is 0 Å². The topological polar surface area (TPSA) is 35.2 Å². The normalized spacial score (nSPS) is 14.4. The Labute approximate surface area is 105 Å². The number of ether oxygens (including phenoxy) is 1. The Balaban J connectivity index is 3.28. The van der Waals surface area contributed by atoms with Crippen LogP contribution >= 0.6 is 0 Å². The molecule has 1 rings (SSSR count). The molecule has 18 heavy (non-hydrogen) atoms. The highest BCUT2D eigenvalue weighted by Gasteiger charge is 2.38. The highest BCUT2D eigenvalue weighted by Crippen LogP contribution is 2.36. The van der Waals surface area contributed by atoms with Gasteiger partial charge in [-0.15, -0.1) is 0 Å². The molecule has 0 saturated heterocycles. The first-order chi connectivity index (χ1) is 8.07. The first kappa shape index (κ1) is 14.8. The Hall–Kier alpha value is -1.23. The molecule has 0 radical (unpaired) electrons. The Kier molecular flexibility index (Phi) is 3.96. The van der Waals surface area contributed by atoms with Gasteiger partial charge < -0.3 is 10.5 Å². The van der Waals surface area contributed by atoms with E-state index in [1.807, 2.05) is 20.8 Å². The molecule has 1 aromatic rings. The van der Waals surface area contributed by atoms with Crippen LogP contribution in [0.1, 0.15) is 37.9 Å². The molecule has 1 atom stereocenters. The first-order valence-electron chi connectivity index (χ1n) is 5.58. The SMILES string of the molecule is COc1ccc(C(N)C(F)(F)F)cc1C(C)(C)C. The molecule has 0 bridgehead atoms. The van der Waals surface area contributed by atoms with Crippen LogP contribution in [0.4, 0.5) is 13.2 Å². The van der Waals surface area contributed by atoms with E-state index in [0.29, 0.717) is 11.3 Å². The predicted octanol–water partition coefficient (Wildman–Crippen LogP) is 3.55. The minimum absolute atomic E-state index is 0.0493. The van der Waals surface area contributed by atoms with Crippen LogP contribution in [0.2, 0.25) is 0 Å². The number of halogens is 3. The summed E-state index contributed by atoms with van der Waals surface area (Å²) < 4.78 is 42.9. The Morgan fingerprint density at radius 3 is 2.11 bits per heavy atom. The third kappa shape index (κ3) is 3.16. The van der Waals surface area contributed by atoms with E-state index in [9.17, 15) is 13.2 Å². The molecule has 0 saturated carbocycles. The zero-order valence-electron chi connectivity index (χ0n) is 10.9. The number of hydrogen-bond donors (Lipinski definition) is 1. The van der Waals surface area contributed by atoms with E-state index in [-0.39, 0.29) is 11.0 Å². The van der Waals surface area contributed by atoms with Crippen molar-refractivity contribution in [2.24, 2.45) is 5.73 Å². The summed E-state index contributed by atoms with van der Waals surface area (Å²) in [5.74, 6) is 0.570. The summed E-state index contributed by atoms with van der Waals surface area (Å²) in [5, 5.41) is 0. The number of rotatable bonds is 2. The fourth-order valence-electron chi connectivity index (χ4n) is 1.69. The lowest BCUT2D eigenvalue weighted by atomic mass is 9.84. The molecule has 0 fully saturated rings. The molecule has 102 valence electrons. The van der Waals surface area contributed by atoms with Gasteiger partial charge in [-0.3, -0.25) is 0 Å². The Morgan fingerprint density at radius 2 is 1.72 bits per heavy atom. The van der Waals surface area contributed by atoms with Gasteiger partial charge in [0.1, 0.15) is 11.8 Å². The average molecular weight is 261 g/mol. The Morgan fingerprint density at radius 1 is 1.17 bits per heavy atom. The van der Waals surface area contributed by atoms with Gasteiger partial charge in [0.2, 0.25) is 0 Å². The second-order valence-corrected chi connectivity index (χ2v) is 5.23. The van der Waals surface area contributed by atoms with Gasteiger partial charge in [0, 0.05) is 0 Å². The lowest BCUT2D eigenvalue weighted by Crippen LogP contribution is -2.29. The molecule has 0 aliphatic heterocycles. The van der Waals surface area contributed by atoms with E-state index in [2.05, 4.69) is 0 Å². The minimum atomic E-state index is -4.44. The Bertz CT molecular complexity index is 421. The summed E-state index contributed by atoms with van der Waals surface area (Å²) in [6.07, 6.45) is -4.44. The van der Waals surface area contributed by atoms with Crippen LogP contribution in [0, 0.1) is 0 Å². The van der Waals surface area contributed by atoms with Crippen LogP contribution < -0.4 is 10.5 Å². The minimum Gasteiger partial charge on any atom is -0.496 e. The molecule has 5 heteroatoms. The largest absolute Gasteiger partial charge is 0.496 e. The maximum atomic E-state index is 12.6. The van der Waals surface area contributed by atoms with E-state index in [0.717, 1.165) is 0 Å². The third-order valence-corrected chi connectivity index (χ3v) is 2.74. The first-order valence-corrected chi connectivity index (χ1v) is 5.58. The fourth-order valence-corrected chi connectivity index (χ4v) is 1.69. The highest BCUT2D eigenvalue weighted by atomic mass is 19.4. The molecule has 1 aromatic carbocycles. The van der Waals surface area contributed by atoms with Gasteiger partial charge in [0.25, 0.3) is 0 Å². The van der Waals surface area contributed by atoms with Crippen molar-refractivity contribution < 1.29 is 17.9 Å². The number of hydrogen-bond acceptors (Lipinski definition) is 2. The third-order valence-electron chi connectivity index (χ3n) is 2.74. The van der Waals surface area contributed by atoms with Crippen molar-refractivity contribution in [1.82, 2.24) is 0 Å². The number of methoxy groups -OCH3 is 1. The van der Waals surface area contributed by atoms with Crippen LogP contribution in [0.25, 0.3) is 0 Å². The summed E-state index contributed by atoms with van der Waals surface area (Å²) in [6.45, 7) is 5.73. The van der Waals surface area contributed by atoms with Gasteiger partial charge in [0.05, 0.1) is 7.11 Å². The second kappa shape index (κ2) is 4.80. The summed E-state index contributed by atoms with van der Waals surface area (Å²) in [5.41, 5.74) is 5.66. The van der Waals surface area contributed by atoms with Gasteiger partial charge in [-0.2, -0.15) is 13.2 Å². The van der Waals surface area contributed by atoms with Gasteiger partial charge in [-0.1, -0.05) is 26.8 Å². The summed E-state index contributed by atoms with van der Waals surface area (Å²) >= 11 is 0. The highest BCUT2D eigenvalue weighted by molar-refractivity contribution is 5.42. The molecule has 0 heterocycles. The molecular formula is C13H18F3NO. The van der Waals surface area contributed by atoms with E-state index >= 15 is 0 Å². The molecule has 0 aromatic heterocycles. The van der Waals surface area contributed by atoms with Crippen molar-refractivity contribution in [2.45, 2.75) is 38.4 Å². The van der Waals surface area contributed by atoms with Gasteiger partial charge in [-0.05, 0) is 28.7 Å². The van der Waals surface area contributed by atoms with Crippen LogP contribution in [-0.2, 0) is 5.41 Å². The molecule has 2 N–H and O–H groups in total. The zero-order valence-corrected chi connectivity index (χ0v) is 10.9. The average Bonchev–Trinajstić information content (AvgIpc) is 2.24. The van der Waals surface area contributed by atoms with E-state index in [1.165, 1.54) is 25.3 Å². The monoisotopic (exact) mass is 261 g/mol. The smallest absolute Gasteiger partial charge is 0.407 e. The quantitative estimate of drug-likeness (QED) is 0.883. The number of alkyl halides is 3. The van der Waals surface area contributed by atoms with Crippen LogP contribution in [0.15, 0.2) is 18.2 Å². The molecular weight excluding hydrogens is 243 g/mol. The number of nitrogens with two attached hydrogens (primary N) is 1. The van der Waals surface area contributed by atoms with Crippen LogP contribution in [-0.4, -0.2) is 13.3 Å². The predicted molar refractivity (Wildman–Crippen MR) is 64.7 cm³/mol. The van der Waals surface area contributed by atoms with Gasteiger partial charge in [-0.25, -0.2) is 0 Å². The zero-order chi connectivity index (χ0) is 14.1. The van der Waals surface area contributed by atoms with Crippen molar-refractivity contribution in [1.29, 1.82) is 0 Å². The number of benzene rings is 1. The summed E-state index contributed by atoms with van der Waals surface area (Å²) in [6, 6.07) is 2.38. The molecule has 2 nitrogen and oxygen atoms in total. The van der Waals surface area contributed by atoms with Crippen molar-refractivity contribution >= 4 is 0 Å². The fraction of sp³-hybridized carbons (Fsp3) is 0.538. The van der Waals surface area contributed by atoms with Gasteiger partial charge >= 0.3 is 6.18 Å². The summed E-state index contributed by atoms with van der Waals surface area (Å²) in [7, 11) is 1.49. The second-order valence-electron chi connectivity index (χ2n) is 5.23. The van der Waals surface area contributed by atoms with Crippen molar-refractivity contribution in [3.8, 4) is 5.75 Å². The van der Waals surface area contributed by atoms with E-state index in [4.69, 9.17) is 10.5 Å². The lowest BCUT2D eigenvalue weighted by molar-refractivity contribution is -0.149. The lowest BCUT2D eigenvalue weighted by Gasteiger charge is -2.24. The van der Waals surface area contributed by atoms with E-state index < -0.39 is 12.2 Å². The van der Waals surface area contributed by atoms with Crippen molar-refractivity contribution in [2.75, 3.05) is 7.11 Å². The maximum Gasteiger partial charge on any atom is 0.407 e. The van der Waals surface area contributed by atoms with E-state index in [1.54, 1.807) is 0 Å². The molecule has 0 amide bonds. The van der Waals surface area contributed by atoms with Crippen molar-refractivity contribution in [3.63, 3.8) is 0 Å². The standard InChI is InChI=1S/C13H18F3NO/c1-12(2,3)9-7-8(5-6-10(9)18-4)11(17)13(14,15)16/h5-7,11H,17H2,1-4H3. The molecule has 1 unspecified atom stereocenters. The van der Waals surface area contributed by atoms with Crippen LogP contribution in [0.5, 0.6) is 5.75 Å². The summed E-state index contributed by atoms with van der Waals surface area (Å²) in [4.78, 5) is 0. The molecule has 0 spiro atoms. The molecule has 0 aliphatic carbocycles. The van der Waals surface area contributed by atoms with Crippen molar-refractivity contribution in [3.05, 3.63) is 29.3 Å².